The molecule has 0 bridgehead atoms. The van der Waals surface area contributed by atoms with Gasteiger partial charge in [-0.1, -0.05) is 0 Å². The summed E-state index contributed by atoms with van der Waals surface area (Å²) in [4.78, 5) is 20.1. The first-order valence-corrected chi connectivity index (χ1v) is 6.62. The molecule has 116 valence electrons. The number of hydrogen-bond acceptors (Lipinski definition) is 5. The van der Waals surface area contributed by atoms with E-state index in [0.29, 0.717) is 24.7 Å². The first-order valence-electron chi connectivity index (χ1n) is 6.62. The molecule has 0 saturated heterocycles. The number of carbonyl (C=O) groups excluding carboxylic acids is 1. The van der Waals surface area contributed by atoms with Crippen molar-refractivity contribution in [3.05, 3.63) is 47.7 Å². The highest BCUT2D eigenvalue weighted by atomic mass is 19.1. The zero-order chi connectivity index (χ0) is 15.9. The first-order chi connectivity index (χ1) is 10.6. The Bertz CT molecular complexity index is 647. The number of amides is 1. The molecule has 2 aromatic heterocycles. The highest BCUT2D eigenvalue weighted by Gasteiger charge is 2.11. The predicted octanol–water partition coefficient (Wildman–Crippen LogP) is 2.20. The molecule has 2 aromatic rings. The van der Waals surface area contributed by atoms with E-state index in [1.807, 2.05) is 0 Å². The molecule has 0 atom stereocenters. The quantitative estimate of drug-likeness (QED) is 0.828. The van der Waals surface area contributed by atoms with Gasteiger partial charge in [0.25, 0.3) is 5.91 Å². The molecular weight excluding hydrogens is 289 g/mol. The van der Waals surface area contributed by atoms with E-state index < -0.39 is 11.7 Å². The van der Waals surface area contributed by atoms with Gasteiger partial charge in [0.15, 0.2) is 0 Å². The Kier molecular flexibility index (Phi) is 5.37. The lowest BCUT2D eigenvalue weighted by Gasteiger charge is -2.09. The van der Waals surface area contributed by atoms with Crippen molar-refractivity contribution >= 4 is 11.7 Å². The zero-order valence-corrected chi connectivity index (χ0v) is 12.3. The number of pyridine rings is 2. The first kappa shape index (κ1) is 15.8. The van der Waals surface area contributed by atoms with Gasteiger partial charge in [0, 0.05) is 24.9 Å². The third kappa shape index (κ3) is 4.49. The number of aryl methyl sites for hydroxylation is 1. The van der Waals surface area contributed by atoms with Crippen LogP contribution in [0.3, 0.4) is 0 Å². The Hall–Kier alpha value is -2.54. The fraction of sp³-hybridized carbons (Fsp3) is 0.267. The third-order valence-corrected chi connectivity index (χ3v) is 2.68. The summed E-state index contributed by atoms with van der Waals surface area (Å²) >= 11 is 0. The van der Waals surface area contributed by atoms with Gasteiger partial charge in [0.1, 0.15) is 29.7 Å². The highest BCUT2D eigenvalue weighted by Crippen LogP contribution is 2.15. The van der Waals surface area contributed by atoms with Gasteiger partial charge in [-0.05, 0) is 19.1 Å². The van der Waals surface area contributed by atoms with Crippen LogP contribution in [-0.2, 0) is 4.74 Å². The van der Waals surface area contributed by atoms with Gasteiger partial charge >= 0.3 is 0 Å². The summed E-state index contributed by atoms with van der Waals surface area (Å²) in [5.74, 6) is -0.141. The smallest absolute Gasteiger partial charge is 0.275 e. The molecule has 0 radical (unpaired) electrons. The van der Waals surface area contributed by atoms with Crippen LogP contribution < -0.4 is 10.1 Å². The molecule has 0 saturated carbocycles. The summed E-state index contributed by atoms with van der Waals surface area (Å²) in [6.45, 7) is 2.58. The van der Waals surface area contributed by atoms with Crippen LogP contribution in [0.25, 0.3) is 0 Å². The van der Waals surface area contributed by atoms with Crippen molar-refractivity contribution in [3.8, 4) is 5.75 Å². The topological polar surface area (TPSA) is 73.3 Å². The monoisotopic (exact) mass is 305 g/mol. The highest BCUT2D eigenvalue weighted by molar-refractivity contribution is 6.02. The number of halogens is 1. The average molecular weight is 305 g/mol. The molecule has 22 heavy (non-hydrogen) atoms. The summed E-state index contributed by atoms with van der Waals surface area (Å²) < 4.78 is 23.2. The van der Waals surface area contributed by atoms with E-state index in [1.54, 1.807) is 20.1 Å². The molecule has 2 heterocycles. The van der Waals surface area contributed by atoms with Crippen molar-refractivity contribution in [1.82, 2.24) is 9.97 Å². The molecule has 1 N–H and O–H groups in total. The lowest BCUT2D eigenvalue weighted by atomic mass is 10.2. The molecule has 0 spiro atoms. The molecule has 2 rings (SSSR count). The van der Waals surface area contributed by atoms with Crippen LogP contribution in [0.15, 0.2) is 30.5 Å². The summed E-state index contributed by atoms with van der Waals surface area (Å²) in [5.41, 5.74) is 0.839. The Labute approximate surface area is 127 Å². The molecule has 6 nitrogen and oxygen atoms in total. The molecule has 0 fully saturated rings. The van der Waals surface area contributed by atoms with Crippen molar-refractivity contribution in [1.29, 1.82) is 0 Å². The van der Waals surface area contributed by atoms with Gasteiger partial charge in [-0.2, -0.15) is 0 Å². The second kappa shape index (κ2) is 7.46. The summed E-state index contributed by atoms with van der Waals surface area (Å²) in [5, 5.41) is 2.55. The lowest BCUT2D eigenvalue weighted by molar-refractivity contribution is 0.102. The summed E-state index contributed by atoms with van der Waals surface area (Å²) in [7, 11) is 1.58. The Balaban J connectivity index is 2.09. The van der Waals surface area contributed by atoms with Gasteiger partial charge in [-0.3, -0.25) is 4.79 Å². The van der Waals surface area contributed by atoms with E-state index in [2.05, 4.69) is 15.3 Å². The maximum Gasteiger partial charge on any atom is 0.275 e. The van der Waals surface area contributed by atoms with Gasteiger partial charge in [0.05, 0.1) is 12.8 Å². The number of ether oxygens (including phenoxy) is 2. The maximum absolute atomic E-state index is 12.8. The van der Waals surface area contributed by atoms with Crippen molar-refractivity contribution < 1.29 is 18.7 Å². The molecule has 0 aliphatic carbocycles. The van der Waals surface area contributed by atoms with Crippen LogP contribution in [0, 0.1) is 12.7 Å². The van der Waals surface area contributed by atoms with Gasteiger partial charge < -0.3 is 14.8 Å². The van der Waals surface area contributed by atoms with Crippen LogP contribution in [-0.4, -0.2) is 36.2 Å². The van der Waals surface area contributed by atoms with E-state index >= 15 is 0 Å². The Morgan fingerprint density at radius 1 is 1.32 bits per heavy atom. The van der Waals surface area contributed by atoms with E-state index in [9.17, 15) is 9.18 Å². The van der Waals surface area contributed by atoms with Crippen molar-refractivity contribution in [3.63, 3.8) is 0 Å². The minimum atomic E-state index is -0.472. The fourth-order valence-electron chi connectivity index (χ4n) is 1.71. The molecule has 7 heteroatoms. The Morgan fingerprint density at radius 2 is 2.14 bits per heavy atom. The summed E-state index contributed by atoms with van der Waals surface area (Å²) in [6, 6.07) is 5.84. The van der Waals surface area contributed by atoms with Crippen LogP contribution >= 0.6 is 0 Å². The molecule has 0 unspecified atom stereocenters. The van der Waals surface area contributed by atoms with Crippen molar-refractivity contribution in [2.24, 2.45) is 0 Å². The minimum Gasteiger partial charge on any atom is -0.491 e. The number of rotatable bonds is 6. The predicted molar refractivity (Wildman–Crippen MR) is 78.5 cm³/mol. The normalized spacial score (nSPS) is 10.3. The fourth-order valence-corrected chi connectivity index (χ4v) is 1.71. The van der Waals surface area contributed by atoms with Crippen molar-refractivity contribution in [2.75, 3.05) is 25.6 Å². The number of carbonyl (C=O) groups is 1. The lowest BCUT2D eigenvalue weighted by Crippen LogP contribution is -2.15. The zero-order valence-electron chi connectivity index (χ0n) is 12.3. The molecule has 1 amide bonds. The van der Waals surface area contributed by atoms with Crippen LogP contribution in [0.5, 0.6) is 5.75 Å². The van der Waals surface area contributed by atoms with E-state index in [1.165, 1.54) is 18.2 Å². The number of nitrogens with zero attached hydrogens (tertiary/aromatic N) is 2. The summed E-state index contributed by atoms with van der Waals surface area (Å²) in [6.07, 6.45) is 1.03. The average Bonchev–Trinajstić information content (AvgIpc) is 2.49. The number of anilines is 1. The maximum atomic E-state index is 12.8. The third-order valence-electron chi connectivity index (χ3n) is 2.68. The Morgan fingerprint density at radius 3 is 2.82 bits per heavy atom. The number of nitrogens with one attached hydrogen (secondary N) is 1. The number of hydrogen-bond donors (Lipinski definition) is 1. The van der Waals surface area contributed by atoms with E-state index in [0.717, 1.165) is 6.20 Å². The van der Waals surface area contributed by atoms with E-state index in [4.69, 9.17) is 9.47 Å². The molecule has 0 aliphatic rings. The van der Waals surface area contributed by atoms with Crippen LogP contribution in [0.2, 0.25) is 0 Å². The standard InChI is InChI=1S/C15H16FN3O3/c1-10-7-12(22-6-5-21-2)8-13(18-10)15(20)19-14-4-3-11(16)9-17-14/h3-4,7-9H,5-6H2,1-2H3,(H,17,19,20). The van der Waals surface area contributed by atoms with Crippen molar-refractivity contribution in [2.45, 2.75) is 6.92 Å². The number of methoxy groups -OCH3 is 1. The largest absolute Gasteiger partial charge is 0.491 e. The van der Waals surface area contributed by atoms with Crippen LogP contribution in [0.4, 0.5) is 10.2 Å². The SMILES string of the molecule is COCCOc1cc(C)nc(C(=O)Nc2ccc(F)cn2)c1. The molecule has 0 aliphatic heterocycles. The second-order valence-corrected chi connectivity index (χ2v) is 4.49. The second-order valence-electron chi connectivity index (χ2n) is 4.49. The molecule has 0 aromatic carbocycles. The number of aromatic nitrogens is 2. The van der Waals surface area contributed by atoms with Crippen LogP contribution in [0.1, 0.15) is 16.2 Å². The van der Waals surface area contributed by atoms with Gasteiger partial charge in [0.2, 0.25) is 0 Å². The molecular formula is C15H16FN3O3. The van der Waals surface area contributed by atoms with Gasteiger partial charge in [-0.15, -0.1) is 0 Å². The minimum absolute atomic E-state index is 0.193. The van der Waals surface area contributed by atoms with Gasteiger partial charge in [-0.25, -0.2) is 14.4 Å². The van der Waals surface area contributed by atoms with E-state index in [-0.39, 0.29) is 11.5 Å².